The summed E-state index contributed by atoms with van der Waals surface area (Å²) >= 11 is 0. The number of aromatic nitrogens is 6. The van der Waals surface area contributed by atoms with E-state index in [0.29, 0.717) is 11.6 Å². The van der Waals surface area contributed by atoms with Crippen LogP contribution < -0.4 is 0 Å². The molecule has 0 unspecified atom stereocenters. The molecule has 3 aromatic rings. The van der Waals surface area contributed by atoms with Crippen LogP contribution in [0.4, 0.5) is 4.39 Å². The second kappa shape index (κ2) is 12.3. The first-order valence-corrected chi connectivity index (χ1v) is 12.7. The van der Waals surface area contributed by atoms with Crippen LogP contribution in [0.2, 0.25) is 0 Å². The molecule has 0 N–H and O–H groups in total. The van der Waals surface area contributed by atoms with E-state index in [1.165, 1.54) is 32.1 Å². The van der Waals surface area contributed by atoms with E-state index in [2.05, 4.69) is 25.0 Å². The number of hydrogen-bond acceptors (Lipinski definition) is 6. The minimum atomic E-state index is -0.199. The average molecular weight is 469 g/mol. The molecular formula is C26H37FN6O. The third-order valence-electron chi connectivity index (χ3n) is 6.88. The predicted octanol–water partition coefficient (Wildman–Crippen LogP) is 5.68. The minimum Gasteiger partial charge on any atom is -0.381 e. The summed E-state index contributed by atoms with van der Waals surface area (Å²) in [6.45, 7) is 5.70. The predicted molar refractivity (Wildman–Crippen MR) is 130 cm³/mol. The molecule has 1 aliphatic heterocycles. The van der Waals surface area contributed by atoms with Crippen molar-refractivity contribution in [2.75, 3.05) is 19.9 Å². The Bertz CT molecular complexity index is 1000. The summed E-state index contributed by atoms with van der Waals surface area (Å²) in [5, 5.41) is 4.09. The molecule has 8 heteroatoms. The van der Waals surface area contributed by atoms with Gasteiger partial charge in [0.2, 0.25) is 0 Å². The van der Waals surface area contributed by atoms with E-state index in [1.54, 1.807) is 6.33 Å². The maximum Gasteiger partial charge on any atom is 0.181 e. The van der Waals surface area contributed by atoms with Crippen molar-refractivity contribution in [1.82, 2.24) is 29.7 Å². The molecule has 6 rings (SSSR count). The molecule has 0 spiro atoms. The van der Waals surface area contributed by atoms with Crippen molar-refractivity contribution in [2.45, 2.75) is 83.6 Å². The topological polar surface area (TPSA) is 78.6 Å². The van der Waals surface area contributed by atoms with Gasteiger partial charge < -0.3 is 4.74 Å². The van der Waals surface area contributed by atoms with Gasteiger partial charge in [-0.1, -0.05) is 0 Å². The third-order valence-corrected chi connectivity index (χ3v) is 6.88. The van der Waals surface area contributed by atoms with Crippen LogP contribution in [-0.2, 0) is 4.74 Å². The molecule has 34 heavy (non-hydrogen) atoms. The molecule has 0 amide bonds. The van der Waals surface area contributed by atoms with Crippen LogP contribution in [0, 0.1) is 19.8 Å². The van der Waals surface area contributed by atoms with Crippen molar-refractivity contribution >= 4 is 11.2 Å². The van der Waals surface area contributed by atoms with Gasteiger partial charge >= 0.3 is 0 Å². The van der Waals surface area contributed by atoms with E-state index in [4.69, 9.17) is 4.74 Å². The summed E-state index contributed by atoms with van der Waals surface area (Å²) in [5.74, 6) is 0.592. The van der Waals surface area contributed by atoms with Crippen molar-refractivity contribution in [2.24, 2.45) is 5.92 Å². The third kappa shape index (κ3) is 6.78. The largest absolute Gasteiger partial charge is 0.381 e. The van der Waals surface area contributed by atoms with Crippen LogP contribution >= 0.6 is 0 Å². The first-order chi connectivity index (χ1) is 16.7. The fourth-order valence-electron chi connectivity index (χ4n) is 4.47. The number of alkyl halides is 1. The quantitative estimate of drug-likeness (QED) is 0.492. The van der Waals surface area contributed by atoms with Gasteiger partial charge in [-0.05, 0) is 83.6 Å². The number of rotatable bonds is 3. The maximum absolute atomic E-state index is 12.7. The van der Waals surface area contributed by atoms with Gasteiger partial charge in [-0.15, -0.1) is 0 Å². The zero-order valence-corrected chi connectivity index (χ0v) is 20.5. The number of ether oxygens (including phenoxy) is 1. The summed E-state index contributed by atoms with van der Waals surface area (Å²) in [5.41, 5.74) is 4.31. The summed E-state index contributed by atoms with van der Waals surface area (Å²) in [7, 11) is 0. The zero-order chi connectivity index (χ0) is 23.8. The summed E-state index contributed by atoms with van der Waals surface area (Å²) in [4.78, 5) is 17.8. The number of halogens is 1. The highest BCUT2D eigenvalue weighted by molar-refractivity contribution is 5.73. The van der Waals surface area contributed by atoms with Crippen LogP contribution in [0.25, 0.3) is 11.2 Å². The van der Waals surface area contributed by atoms with Crippen molar-refractivity contribution in [3.8, 4) is 0 Å². The van der Waals surface area contributed by atoms with Gasteiger partial charge in [-0.25, -0.2) is 19.9 Å². The van der Waals surface area contributed by atoms with Crippen LogP contribution in [0.1, 0.15) is 86.8 Å². The zero-order valence-electron chi connectivity index (χ0n) is 20.5. The van der Waals surface area contributed by atoms with E-state index in [1.807, 2.05) is 37.0 Å². The molecule has 4 heterocycles. The molecule has 0 bridgehead atoms. The van der Waals surface area contributed by atoms with Crippen molar-refractivity contribution in [3.05, 3.63) is 41.9 Å². The molecule has 2 aliphatic carbocycles. The second-order valence-corrected chi connectivity index (χ2v) is 9.59. The summed E-state index contributed by atoms with van der Waals surface area (Å²) in [6, 6.07) is 2.71. The van der Waals surface area contributed by atoms with Gasteiger partial charge in [0.15, 0.2) is 5.65 Å². The normalized spacial score (nSPS) is 22.3. The van der Waals surface area contributed by atoms with Crippen LogP contribution in [0.3, 0.4) is 0 Å². The Balaban J connectivity index is 0.000000158. The van der Waals surface area contributed by atoms with Crippen molar-refractivity contribution in [3.63, 3.8) is 0 Å². The van der Waals surface area contributed by atoms with Crippen LogP contribution in [0.15, 0.2) is 24.8 Å². The lowest BCUT2D eigenvalue weighted by molar-refractivity contribution is 0.0968. The second-order valence-electron chi connectivity index (χ2n) is 9.59. The lowest BCUT2D eigenvalue weighted by Gasteiger charge is -2.26. The Kier molecular flexibility index (Phi) is 8.91. The van der Waals surface area contributed by atoms with Gasteiger partial charge in [0, 0.05) is 31.5 Å². The fourth-order valence-corrected chi connectivity index (χ4v) is 4.47. The SMILES string of the molecule is C1CCOCC1.Cc1nc2ncnc(C3CCC(CF)CC3)c2nc1C.c1cnn(C2CC2)c1. The van der Waals surface area contributed by atoms with E-state index in [9.17, 15) is 4.39 Å². The maximum atomic E-state index is 12.7. The Morgan fingerprint density at radius 3 is 2.24 bits per heavy atom. The smallest absolute Gasteiger partial charge is 0.181 e. The van der Waals surface area contributed by atoms with Gasteiger partial charge in [-0.2, -0.15) is 5.10 Å². The molecule has 1 saturated heterocycles. The van der Waals surface area contributed by atoms with E-state index in [-0.39, 0.29) is 12.6 Å². The van der Waals surface area contributed by atoms with Gasteiger partial charge in [0.05, 0.1) is 29.8 Å². The molecule has 3 fully saturated rings. The number of hydrogen-bond donors (Lipinski definition) is 0. The van der Waals surface area contributed by atoms with Gasteiger partial charge in [0.1, 0.15) is 11.8 Å². The molecule has 3 aromatic heterocycles. The minimum absolute atomic E-state index is 0.199. The Morgan fingerprint density at radius 2 is 1.68 bits per heavy atom. The lowest BCUT2D eigenvalue weighted by atomic mass is 9.81. The lowest BCUT2D eigenvalue weighted by Crippen LogP contribution is -2.16. The van der Waals surface area contributed by atoms with Gasteiger partial charge in [-0.3, -0.25) is 9.07 Å². The molecule has 3 aliphatic rings. The Labute approximate surface area is 201 Å². The highest BCUT2D eigenvalue weighted by Gasteiger charge is 2.25. The van der Waals surface area contributed by atoms with Crippen molar-refractivity contribution in [1.29, 1.82) is 0 Å². The first kappa shape index (κ1) is 24.6. The molecule has 184 valence electrons. The van der Waals surface area contributed by atoms with E-state index >= 15 is 0 Å². The first-order valence-electron chi connectivity index (χ1n) is 12.7. The number of fused-ring (bicyclic) bond motifs is 1. The Hall–Kier alpha value is -2.48. The average Bonchev–Trinajstić information content (AvgIpc) is 3.60. The molecular weight excluding hydrogens is 431 g/mol. The highest BCUT2D eigenvalue weighted by atomic mass is 19.1. The van der Waals surface area contributed by atoms with Crippen LogP contribution in [-0.4, -0.2) is 49.6 Å². The van der Waals surface area contributed by atoms with E-state index < -0.39 is 0 Å². The summed E-state index contributed by atoms with van der Waals surface area (Å²) < 4.78 is 19.8. The molecule has 0 radical (unpaired) electrons. The molecule has 2 saturated carbocycles. The molecule has 0 atom stereocenters. The van der Waals surface area contributed by atoms with Crippen LogP contribution in [0.5, 0.6) is 0 Å². The van der Waals surface area contributed by atoms with Crippen molar-refractivity contribution < 1.29 is 9.13 Å². The monoisotopic (exact) mass is 468 g/mol. The highest BCUT2D eigenvalue weighted by Crippen LogP contribution is 2.37. The fraction of sp³-hybridized carbons (Fsp3) is 0.654. The Morgan fingerprint density at radius 1 is 0.941 bits per heavy atom. The molecule has 7 nitrogen and oxygen atoms in total. The molecule has 0 aromatic carbocycles. The number of nitrogens with zero attached hydrogens (tertiary/aromatic N) is 6. The van der Waals surface area contributed by atoms with E-state index in [0.717, 1.165) is 67.5 Å². The number of aryl methyl sites for hydroxylation is 2. The van der Waals surface area contributed by atoms with Gasteiger partial charge in [0.25, 0.3) is 0 Å². The summed E-state index contributed by atoms with van der Waals surface area (Å²) in [6.07, 6.45) is 15.8. The standard InChI is InChI=1S/C15H19FN4.C6H8N2.C5H10O/c1-9-10(2)20-15-14(19-9)13(17-8-18-15)12-5-3-11(7-16)4-6-12;1-4-7-8(5-1)6-2-3-6;1-2-4-6-5-3-1/h8,11-12H,3-7H2,1-2H3;1,4-6H,2-3H2;1-5H2.